The van der Waals surface area contributed by atoms with Crippen LogP contribution in [0.3, 0.4) is 0 Å². The summed E-state index contributed by atoms with van der Waals surface area (Å²) in [6.07, 6.45) is 2.23. The van der Waals surface area contributed by atoms with Crippen molar-refractivity contribution in [3.05, 3.63) is 36.2 Å². The molecule has 0 N–H and O–H groups in total. The summed E-state index contributed by atoms with van der Waals surface area (Å²) >= 11 is 0. The maximum absolute atomic E-state index is 12.5. The number of fused-ring (bicyclic) bond motifs is 3. The maximum atomic E-state index is 12.5. The van der Waals surface area contributed by atoms with Gasteiger partial charge < -0.3 is 9.47 Å². The van der Waals surface area contributed by atoms with Crippen molar-refractivity contribution in [2.45, 2.75) is 52.4 Å². The van der Waals surface area contributed by atoms with Crippen molar-refractivity contribution in [2.24, 2.45) is 0 Å². The number of ether oxygens (including phenoxy) is 2. The molecule has 128 valence electrons. The number of benzene rings is 1. The Morgan fingerprint density at radius 2 is 2.12 bits per heavy atom. The smallest absolute Gasteiger partial charge is 0.410 e. The fourth-order valence-corrected chi connectivity index (χ4v) is 2.80. The summed E-state index contributed by atoms with van der Waals surface area (Å²) in [6, 6.07) is 8.02. The van der Waals surface area contributed by atoms with Crippen LogP contribution in [0.4, 0.5) is 4.79 Å². The second-order valence-corrected chi connectivity index (χ2v) is 7.13. The van der Waals surface area contributed by atoms with Gasteiger partial charge in [0.1, 0.15) is 17.4 Å². The molecule has 0 saturated carbocycles. The minimum absolute atomic E-state index is 0.0774. The van der Waals surface area contributed by atoms with E-state index < -0.39 is 5.60 Å². The van der Waals surface area contributed by atoms with E-state index in [4.69, 9.17) is 9.47 Å². The molecule has 1 aliphatic heterocycles. The minimum atomic E-state index is -0.522. The molecule has 2 aromatic rings. The third kappa shape index (κ3) is 3.45. The van der Waals surface area contributed by atoms with Crippen LogP contribution < -0.4 is 4.74 Å². The van der Waals surface area contributed by atoms with Crippen molar-refractivity contribution in [1.82, 2.24) is 9.88 Å². The molecule has 3 rings (SSSR count). The first-order valence-corrected chi connectivity index (χ1v) is 8.38. The van der Waals surface area contributed by atoms with Crippen LogP contribution in [0.5, 0.6) is 5.75 Å². The maximum Gasteiger partial charge on any atom is 0.410 e. The standard InChI is InChI=1S/C19H24N2O3/c1-5-14-11-21(18(22)24-19(2,3)4)12-16-17(23-14)15-9-7-6-8-13(15)10-20-16/h6-10,14H,5,11-12H2,1-4H3/t14-/m1/s1. The van der Waals surface area contributed by atoms with E-state index in [9.17, 15) is 4.79 Å². The van der Waals surface area contributed by atoms with E-state index in [0.717, 1.165) is 28.6 Å². The second kappa shape index (κ2) is 6.30. The highest BCUT2D eigenvalue weighted by Gasteiger charge is 2.30. The van der Waals surface area contributed by atoms with Crippen LogP contribution in [-0.4, -0.2) is 34.2 Å². The molecule has 0 saturated heterocycles. The van der Waals surface area contributed by atoms with E-state index in [-0.39, 0.29) is 12.2 Å². The first-order chi connectivity index (χ1) is 11.4. The van der Waals surface area contributed by atoms with E-state index in [1.807, 2.05) is 51.2 Å². The van der Waals surface area contributed by atoms with Gasteiger partial charge in [-0.3, -0.25) is 9.88 Å². The Morgan fingerprint density at radius 1 is 1.38 bits per heavy atom. The predicted molar refractivity (Wildman–Crippen MR) is 93.1 cm³/mol. The van der Waals surface area contributed by atoms with E-state index >= 15 is 0 Å². The number of carbonyl (C=O) groups is 1. The molecule has 0 spiro atoms. The van der Waals surface area contributed by atoms with Gasteiger partial charge >= 0.3 is 6.09 Å². The van der Waals surface area contributed by atoms with Gasteiger partial charge in [-0.2, -0.15) is 0 Å². The van der Waals surface area contributed by atoms with Crippen molar-refractivity contribution < 1.29 is 14.3 Å². The average Bonchev–Trinajstić information content (AvgIpc) is 2.72. The Balaban J connectivity index is 1.98. The molecule has 0 radical (unpaired) electrons. The summed E-state index contributed by atoms with van der Waals surface area (Å²) < 4.78 is 11.7. The molecule has 2 heterocycles. The van der Waals surface area contributed by atoms with E-state index in [0.29, 0.717) is 13.1 Å². The third-order valence-corrected chi connectivity index (χ3v) is 3.98. The molecule has 1 atom stereocenters. The zero-order valence-electron chi connectivity index (χ0n) is 14.7. The number of amides is 1. The zero-order chi connectivity index (χ0) is 17.3. The van der Waals surface area contributed by atoms with E-state index in [1.165, 1.54) is 0 Å². The molecule has 0 fully saturated rings. The van der Waals surface area contributed by atoms with Gasteiger partial charge in [0.05, 0.1) is 13.1 Å². The molecule has 1 aromatic carbocycles. The Hall–Kier alpha value is -2.30. The SMILES string of the molecule is CC[C@@H]1CN(C(=O)OC(C)(C)C)Cc2ncc3ccccc3c2O1. The number of nitrogens with zero attached hydrogens (tertiary/aromatic N) is 2. The molecule has 5 nitrogen and oxygen atoms in total. The lowest BCUT2D eigenvalue weighted by molar-refractivity contribution is 0.0176. The van der Waals surface area contributed by atoms with Gasteiger partial charge in [0, 0.05) is 17.0 Å². The number of rotatable bonds is 1. The quantitative estimate of drug-likeness (QED) is 0.789. The molecule has 24 heavy (non-hydrogen) atoms. The largest absolute Gasteiger partial charge is 0.486 e. The summed E-state index contributed by atoms with van der Waals surface area (Å²) in [5.74, 6) is 0.783. The number of hydrogen-bond acceptors (Lipinski definition) is 4. The highest BCUT2D eigenvalue weighted by atomic mass is 16.6. The topological polar surface area (TPSA) is 51.7 Å². The van der Waals surface area contributed by atoms with Gasteiger partial charge in [-0.25, -0.2) is 4.79 Å². The highest BCUT2D eigenvalue weighted by molar-refractivity contribution is 5.88. The first kappa shape index (κ1) is 16.6. The summed E-state index contributed by atoms with van der Waals surface area (Å²) in [5.41, 5.74) is 0.251. The lowest BCUT2D eigenvalue weighted by atomic mass is 10.1. The molecule has 5 heteroatoms. The van der Waals surface area contributed by atoms with Crippen molar-refractivity contribution in [2.75, 3.05) is 6.54 Å². The van der Waals surface area contributed by atoms with Gasteiger partial charge in [0.2, 0.25) is 0 Å². The van der Waals surface area contributed by atoms with E-state index in [1.54, 1.807) is 4.90 Å². The van der Waals surface area contributed by atoms with Gasteiger partial charge in [-0.05, 0) is 27.2 Å². The number of carbonyl (C=O) groups excluding carboxylic acids is 1. The predicted octanol–water partition coefficient (Wildman–Crippen LogP) is 4.14. The van der Waals surface area contributed by atoms with Gasteiger partial charge in [0.25, 0.3) is 0 Å². The van der Waals surface area contributed by atoms with Crippen LogP contribution in [0.1, 0.15) is 39.8 Å². The van der Waals surface area contributed by atoms with Crippen molar-refractivity contribution in [3.8, 4) is 5.75 Å². The molecule has 0 aliphatic carbocycles. The second-order valence-electron chi connectivity index (χ2n) is 7.13. The average molecular weight is 328 g/mol. The molecule has 1 aromatic heterocycles. The Bertz CT molecular complexity index is 752. The van der Waals surface area contributed by atoms with E-state index in [2.05, 4.69) is 11.9 Å². The molecular formula is C19H24N2O3. The number of pyridine rings is 1. The van der Waals surface area contributed by atoms with Crippen LogP contribution in [-0.2, 0) is 11.3 Å². The van der Waals surface area contributed by atoms with Crippen molar-refractivity contribution >= 4 is 16.9 Å². The van der Waals surface area contributed by atoms with Gasteiger partial charge in [0.15, 0.2) is 5.75 Å². The normalized spacial score (nSPS) is 17.8. The lowest BCUT2D eigenvalue weighted by Crippen LogP contribution is -2.40. The third-order valence-electron chi connectivity index (χ3n) is 3.98. The Morgan fingerprint density at radius 3 is 2.83 bits per heavy atom. The van der Waals surface area contributed by atoms with Gasteiger partial charge in [-0.15, -0.1) is 0 Å². The molecule has 1 aliphatic rings. The number of aromatic nitrogens is 1. The fraction of sp³-hybridized carbons (Fsp3) is 0.474. The Labute approximate surface area is 142 Å². The van der Waals surface area contributed by atoms with Crippen LogP contribution in [0.25, 0.3) is 10.8 Å². The highest BCUT2D eigenvalue weighted by Crippen LogP contribution is 2.32. The summed E-state index contributed by atoms with van der Waals surface area (Å²) in [4.78, 5) is 18.7. The van der Waals surface area contributed by atoms with Crippen LogP contribution in [0.15, 0.2) is 30.5 Å². The molecular weight excluding hydrogens is 304 g/mol. The summed E-state index contributed by atoms with van der Waals surface area (Å²) in [5, 5.41) is 2.07. The summed E-state index contributed by atoms with van der Waals surface area (Å²) in [6.45, 7) is 8.56. The first-order valence-electron chi connectivity index (χ1n) is 8.38. The van der Waals surface area contributed by atoms with Crippen LogP contribution >= 0.6 is 0 Å². The zero-order valence-corrected chi connectivity index (χ0v) is 14.7. The van der Waals surface area contributed by atoms with Crippen LogP contribution in [0, 0.1) is 0 Å². The fourth-order valence-electron chi connectivity index (χ4n) is 2.80. The van der Waals surface area contributed by atoms with Gasteiger partial charge in [-0.1, -0.05) is 31.2 Å². The summed E-state index contributed by atoms with van der Waals surface area (Å²) in [7, 11) is 0. The molecule has 0 bridgehead atoms. The molecule has 1 amide bonds. The molecule has 0 unspecified atom stereocenters. The van der Waals surface area contributed by atoms with Crippen molar-refractivity contribution in [3.63, 3.8) is 0 Å². The van der Waals surface area contributed by atoms with Crippen LogP contribution in [0.2, 0.25) is 0 Å². The lowest BCUT2D eigenvalue weighted by Gasteiger charge is -2.27. The Kier molecular flexibility index (Phi) is 4.35. The van der Waals surface area contributed by atoms with Crippen molar-refractivity contribution in [1.29, 1.82) is 0 Å². The minimum Gasteiger partial charge on any atom is -0.486 e. The monoisotopic (exact) mass is 328 g/mol. The number of hydrogen-bond donors (Lipinski definition) is 0.